The van der Waals surface area contributed by atoms with Gasteiger partial charge in [0, 0.05) is 48.5 Å². The molecule has 0 aliphatic carbocycles. The van der Waals surface area contributed by atoms with Crippen molar-refractivity contribution in [1.82, 2.24) is 9.47 Å². The summed E-state index contributed by atoms with van der Waals surface area (Å²) in [7, 11) is 1.68. The van der Waals surface area contributed by atoms with Crippen molar-refractivity contribution < 1.29 is 4.79 Å². The number of thioether (sulfide) groups is 1. The largest absolute Gasteiger partial charge is 0.336 e. The molecular formula is C13H18N2O2S. The van der Waals surface area contributed by atoms with E-state index in [1.165, 1.54) is 10.6 Å². The minimum atomic E-state index is -0.145. The molecule has 0 aromatic carbocycles. The van der Waals surface area contributed by atoms with E-state index in [2.05, 4.69) is 13.8 Å². The average molecular weight is 266 g/mol. The lowest BCUT2D eigenvalue weighted by atomic mass is 10.2. The minimum absolute atomic E-state index is 0.0355. The van der Waals surface area contributed by atoms with Crippen LogP contribution in [-0.4, -0.2) is 39.0 Å². The smallest absolute Gasteiger partial charge is 0.254 e. The monoisotopic (exact) mass is 266 g/mol. The highest BCUT2D eigenvalue weighted by atomic mass is 32.2. The third-order valence-electron chi connectivity index (χ3n) is 3.06. The number of aryl methyl sites for hydroxylation is 1. The molecule has 18 heavy (non-hydrogen) atoms. The Labute approximate surface area is 111 Å². The van der Waals surface area contributed by atoms with Gasteiger partial charge in [0.25, 0.3) is 11.5 Å². The second-order valence-corrected chi connectivity index (χ2v) is 6.71. The van der Waals surface area contributed by atoms with Gasteiger partial charge < -0.3 is 9.47 Å². The zero-order valence-corrected chi connectivity index (χ0v) is 11.7. The molecule has 1 fully saturated rings. The SMILES string of the molecule is CC1CN(C(=O)c2ccn(C)c(=O)c2)CC(C)S1. The molecule has 98 valence electrons. The molecular weight excluding hydrogens is 248 g/mol. The van der Waals surface area contributed by atoms with Crippen molar-refractivity contribution in [2.45, 2.75) is 24.3 Å². The summed E-state index contributed by atoms with van der Waals surface area (Å²) >= 11 is 1.90. The van der Waals surface area contributed by atoms with E-state index in [9.17, 15) is 9.59 Å². The Morgan fingerprint density at radius 2 is 1.94 bits per heavy atom. The molecule has 1 amide bonds. The molecule has 0 N–H and O–H groups in total. The van der Waals surface area contributed by atoms with Crippen LogP contribution in [0, 0.1) is 0 Å². The van der Waals surface area contributed by atoms with Crippen molar-refractivity contribution in [2.24, 2.45) is 7.05 Å². The molecule has 0 bridgehead atoms. The number of amides is 1. The Bertz CT molecular complexity index is 502. The number of pyridine rings is 1. The standard InChI is InChI=1S/C13H18N2O2S/c1-9-7-15(8-10(2)18-9)13(17)11-4-5-14(3)12(16)6-11/h4-6,9-10H,7-8H2,1-3H3. The Morgan fingerprint density at radius 1 is 1.33 bits per heavy atom. The molecule has 1 aliphatic rings. The zero-order valence-electron chi connectivity index (χ0n) is 10.9. The van der Waals surface area contributed by atoms with Gasteiger partial charge in [-0.25, -0.2) is 0 Å². The first kappa shape index (κ1) is 13.2. The number of carbonyl (C=O) groups excluding carboxylic acids is 1. The van der Waals surface area contributed by atoms with Crippen molar-refractivity contribution in [3.63, 3.8) is 0 Å². The van der Waals surface area contributed by atoms with E-state index in [1.807, 2.05) is 16.7 Å². The first-order valence-electron chi connectivity index (χ1n) is 6.09. The number of hydrogen-bond acceptors (Lipinski definition) is 3. The quantitative estimate of drug-likeness (QED) is 0.770. The summed E-state index contributed by atoms with van der Waals surface area (Å²) in [5, 5.41) is 0.897. The molecule has 5 heteroatoms. The van der Waals surface area contributed by atoms with Gasteiger partial charge >= 0.3 is 0 Å². The van der Waals surface area contributed by atoms with Crippen LogP contribution in [0.4, 0.5) is 0 Å². The first-order valence-corrected chi connectivity index (χ1v) is 7.03. The third kappa shape index (κ3) is 2.77. The van der Waals surface area contributed by atoms with E-state index in [4.69, 9.17) is 0 Å². The van der Waals surface area contributed by atoms with Gasteiger partial charge in [-0.3, -0.25) is 9.59 Å². The van der Waals surface area contributed by atoms with Gasteiger partial charge in [-0.15, -0.1) is 0 Å². The lowest BCUT2D eigenvalue weighted by Gasteiger charge is -2.34. The number of aromatic nitrogens is 1. The normalized spacial score (nSPS) is 24.1. The van der Waals surface area contributed by atoms with Crippen molar-refractivity contribution in [1.29, 1.82) is 0 Å². The summed E-state index contributed by atoms with van der Waals surface area (Å²) in [6.07, 6.45) is 1.64. The van der Waals surface area contributed by atoms with Gasteiger partial charge in [0.1, 0.15) is 0 Å². The van der Waals surface area contributed by atoms with Crippen molar-refractivity contribution >= 4 is 17.7 Å². The fourth-order valence-electron chi connectivity index (χ4n) is 2.21. The maximum Gasteiger partial charge on any atom is 0.254 e. The van der Waals surface area contributed by atoms with Crippen molar-refractivity contribution in [2.75, 3.05) is 13.1 Å². The number of hydrogen-bond donors (Lipinski definition) is 0. The summed E-state index contributed by atoms with van der Waals surface area (Å²) in [5.41, 5.74) is 0.345. The molecule has 1 saturated heterocycles. The van der Waals surface area contributed by atoms with E-state index >= 15 is 0 Å². The van der Waals surface area contributed by atoms with Crippen molar-refractivity contribution in [3.8, 4) is 0 Å². The van der Waals surface area contributed by atoms with Crippen LogP contribution < -0.4 is 5.56 Å². The average Bonchev–Trinajstić information content (AvgIpc) is 2.30. The fraction of sp³-hybridized carbons (Fsp3) is 0.538. The van der Waals surface area contributed by atoms with Crippen molar-refractivity contribution in [3.05, 3.63) is 34.2 Å². The van der Waals surface area contributed by atoms with Gasteiger partial charge in [0.15, 0.2) is 0 Å². The van der Waals surface area contributed by atoms with Crippen LogP contribution in [-0.2, 0) is 7.05 Å². The summed E-state index contributed by atoms with van der Waals surface area (Å²) in [5.74, 6) is -0.0355. The summed E-state index contributed by atoms with van der Waals surface area (Å²) in [6.45, 7) is 5.77. The minimum Gasteiger partial charge on any atom is -0.336 e. The molecule has 2 atom stereocenters. The van der Waals surface area contributed by atoms with E-state index in [0.29, 0.717) is 16.1 Å². The molecule has 1 aliphatic heterocycles. The molecule has 0 saturated carbocycles. The molecule has 2 rings (SSSR count). The van der Waals surface area contributed by atoms with Gasteiger partial charge in [-0.1, -0.05) is 13.8 Å². The lowest BCUT2D eigenvalue weighted by molar-refractivity contribution is 0.0753. The first-order chi connectivity index (χ1) is 8.47. The van der Waals surface area contributed by atoms with Crippen LogP contribution in [0.15, 0.2) is 23.1 Å². The Hall–Kier alpha value is -1.23. The van der Waals surface area contributed by atoms with Crippen LogP contribution in [0.25, 0.3) is 0 Å². The number of nitrogens with zero attached hydrogens (tertiary/aromatic N) is 2. The summed E-state index contributed by atoms with van der Waals surface area (Å²) < 4.78 is 1.47. The molecule has 2 unspecified atom stereocenters. The molecule has 0 radical (unpaired) electrons. The Kier molecular flexibility index (Phi) is 3.80. The van der Waals surface area contributed by atoms with Gasteiger partial charge in [0.2, 0.25) is 0 Å². The molecule has 4 nitrogen and oxygen atoms in total. The number of rotatable bonds is 1. The summed E-state index contributed by atoms with van der Waals surface area (Å²) in [6, 6.07) is 3.13. The molecule has 1 aromatic rings. The van der Waals surface area contributed by atoms with Gasteiger partial charge in [-0.2, -0.15) is 11.8 Å². The molecule has 0 spiro atoms. The Balaban J connectivity index is 2.20. The van der Waals surface area contributed by atoms with Crippen LogP contribution in [0.5, 0.6) is 0 Å². The fourth-order valence-corrected chi connectivity index (χ4v) is 3.53. The van der Waals surface area contributed by atoms with E-state index < -0.39 is 0 Å². The Morgan fingerprint density at radius 3 is 2.50 bits per heavy atom. The van der Waals surface area contributed by atoms with Crippen LogP contribution in [0.1, 0.15) is 24.2 Å². The van der Waals surface area contributed by atoms with Crippen LogP contribution in [0.2, 0.25) is 0 Å². The predicted octanol–water partition coefficient (Wildman–Crippen LogP) is 1.35. The van der Waals surface area contributed by atoms with Gasteiger partial charge in [-0.05, 0) is 6.07 Å². The molecule has 2 heterocycles. The second-order valence-electron chi connectivity index (χ2n) is 4.83. The highest BCUT2D eigenvalue weighted by Gasteiger charge is 2.26. The topological polar surface area (TPSA) is 42.3 Å². The summed E-state index contributed by atoms with van der Waals surface area (Å²) in [4.78, 5) is 25.7. The van der Waals surface area contributed by atoms with Crippen LogP contribution in [0.3, 0.4) is 0 Å². The molecule has 1 aromatic heterocycles. The highest BCUT2D eigenvalue weighted by Crippen LogP contribution is 2.25. The van der Waals surface area contributed by atoms with Gasteiger partial charge in [0.05, 0.1) is 0 Å². The third-order valence-corrected chi connectivity index (χ3v) is 4.29. The highest BCUT2D eigenvalue weighted by molar-refractivity contribution is 8.00. The predicted molar refractivity (Wildman–Crippen MR) is 74.1 cm³/mol. The zero-order chi connectivity index (χ0) is 13.3. The van der Waals surface area contributed by atoms with E-state index in [1.54, 1.807) is 19.3 Å². The second kappa shape index (κ2) is 5.18. The number of carbonyl (C=O) groups is 1. The van der Waals surface area contributed by atoms with Crippen LogP contribution >= 0.6 is 11.8 Å². The maximum atomic E-state index is 12.3. The lowest BCUT2D eigenvalue weighted by Crippen LogP contribution is -2.44. The van der Waals surface area contributed by atoms with E-state index in [-0.39, 0.29) is 11.5 Å². The van der Waals surface area contributed by atoms with E-state index in [0.717, 1.165) is 13.1 Å². The maximum absolute atomic E-state index is 12.3.